The van der Waals surface area contributed by atoms with Crippen molar-refractivity contribution in [3.63, 3.8) is 0 Å². The van der Waals surface area contributed by atoms with Gasteiger partial charge in [-0.15, -0.1) is 0 Å². The topological polar surface area (TPSA) is 90.5 Å². The van der Waals surface area contributed by atoms with Gasteiger partial charge < -0.3 is 15.7 Å². The zero-order valence-corrected chi connectivity index (χ0v) is 12.9. The molecule has 2 rings (SSSR count). The lowest BCUT2D eigenvalue weighted by atomic mass is 9.98. The molecule has 0 aromatic carbocycles. The Balaban J connectivity index is 1.59. The predicted molar refractivity (Wildman–Crippen MR) is 84.1 cm³/mol. The molecule has 1 fully saturated rings. The fourth-order valence-electron chi connectivity index (χ4n) is 2.73. The highest BCUT2D eigenvalue weighted by Gasteiger charge is 2.20. The van der Waals surface area contributed by atoms with Gasteiger partial charge in [-0.3, -0.25) is 14.9 Å². The van der Waals surface area contributed by atoms with E-state index >= 15 is 0 Å². The van der Waals surface area contributed by atoms with Crippen molar-refractivity contribution in [2.45, 2.75) is 51.1 Å². The number of dihydropyridines is 1. The Hall–Kier alpha value is -1.82. The van der Waals surface area contributed by atoms with Crippen LogP contribution in [-0.2, 0) is 9.59 Å². The first-order valence-electron chi connectivity index (χ1n) is 8.03. The van der Waals surface area contributed by atoms with Crippen LogP contribution < -0.4 is 16.0 Å². The Bertz CT molecular complexity index is 471. The number of amides is 1. The maximum absolute atomic E-state index is 11.5. The molecular weight excluding hydrogens is 282 g/mol. The molecule has 1 unspecified atom stereocenters. The first-order valence-corrected chi connectivity index (χ1v) is 8.03. The second-order valence-corrected chi connectivity index (χ2v) is 5.77. The number of carboxylic acids is 1. The average molecular weight is 307 g/mol. The number of allylic oxidation sites excluding steroid dienone is 3. The second kappa shape index (κ2) is 8.58. The Morgan fingerprint density at radius 1 is 1.27 bits per heavy atom. The number of aliphatic carboxylic acids is 1. The molecule has 0 saturated carbocycles. The lowest BCUT2D eigenvalue weighted by molar-refractivity contribution is -0.136. The SMILES string of the molecule is O=C(O)CCNC(=O)CCCCC1=CC=C2CCCNC2N1. The van der Waals surface area contributed by atoms with Gasteiger partial charge in [-0.2, -0.15) is 0 Å². The molecule has 0 bridgehead atoms. The number of fused-ring (bicyclic) bond motifs is 1. The summed E-state index contributed by atoms with van der Waals surface area (Å²) < 4.78 is 0. The van der Waals surface area contributed by atoms with E-state index in [1.165, 1.54) is 17.7 Å². The van der Waals surface area contributed by atoms with E-state index < -0.39 is 5.97 Å². The Labute approximate surface area is 131 Å². The molecule has 1 saturated heterocycles. The van der Waals surface area contributed by atoms with Gasteiger partial charge in [-0.25, -0.2) is 0 Å². The highest BCUT2D eigenvalue weighted by atomic mass is 16.4. The summed E-state index contributed by atoms with van der Waals surface area (Å²) in [6, 6.07) is 0. The summed E-state index contributed by atoms with van der Waals surface area (Å²) in [4.78, 5) is 21.9. The van der Waals surface area contributed by atoms with Gasteiger partial charge in [0.05, 0.1) is 12.6 Å². The summed E-state index contributed by atoms with van der Waals surface area (Å²) in [7, 11) is 0. The van der Waals surface area contributed by atoms with Crippen molar-refractivity contribution in [2.24, 2.45) is 0 Å². The number of rotatable bonds is 8. The van der Waals surface area contributed by atoms with E-state index in [4.69, 9.17) is 5.11 Å². The number of hydrogen-bond acceptors (Lipinski definition) is 4. The van der Waals surface area contributed by atoms with Crippen LogP contribution in [0.4, 0.5) is 0 Å². The third-order valence-corrected chi connectivity index (χ3v) is 3.95. The minimum absolute atomic E-state index is 0.0222. The first-order chi connectivity index (χ1) is 10.6. The number of hydrogen-bond donors (Lipinski definition) is 4. The monoisotopic (exact) mass is 307 g/mol. The Morgan fingerprint density at radius 3 is 2.95 bits per heavy atom. The highest BCUT2D eigenvalue weighted by molar-refractivity contribution is 5.76. The van der Waals surface area contributed by atoms with Crippen LogP contribution in [0.1, 0.15) is 44.9 Å². The molecule has 0 aliphatic carbocycles. The highest BCUT2D eigenvalue weighted by Crippen LogP contribution is 2.20. The van der Waals surface area contributed by atoms with Crippen molar-refractivity contribution < 1.29 is 14.7 Å². The lowest BCUT2D eigenvalue weighted by Crippen LogP contribution is -2.47. The van der Waals surface area contributed by atoms with E-state index in [1.807, 2.05) is 0 Å². The molecule has 0 aromatic rings. The molecule has 6 nitrogen and oxygen atoms in total. The van der Waals surface area contributed by atoms with Crippen LogP contribution >= 0.6 is 0 Å². The molecule has 4 N–H and O–H groups in total. The molecule has 2 heterocycles. The van der Waals surface area contributed by atoms with Gasteiger partial charge in [0, 0.05) is 18.7 Å². The molecule has 2 aliphatic rings. The zero-order valence-electron chi connectivity index (χ0n) is 12.9. The van der Waals surface area contributed by atoms with Crippen LogP contribution in [-0.4, -0.2) is 36.2 Å². The minimum Gasteiger partial charge on any atom is -0.481 e. The first kappa shape index (κ1) is 16.5. The Morgan fingerprint density at radius 2 is 2.14 bits per heavy atom. The smallest absolute Gasteiger partial charge is 0.305 e. The number of unbranched alkanes of at least 4 members (excludes halogenated alkanes) is 1. The predicted octanol–water partition coefficient (Wildman–Crippen LogP) is 1.26. The van der Waals surface area contributed by atoms with Gasteiger partial charge in [-0.05, 0) is 50.3 Å². The number of carbonyl (C=O) groups is 2. The normalized spacial score (nSPS) is 20.3. The summed E-state index contributed by atoms with van der Waals surface area (Å²) in [5.41, 5.74) is 2.64. The second-order valence-electron chi connectivity index (χ2n) is 5.77. The summed E-state index contributed by atoms with van der Waals surface area (Å²) in [6.45, 7) is 1.26. The fourth-order valence-corrected chi connectivity index (χ4v) is 2.73. The van der Waals surface area contributed by atoms with Crippen molar-refractivity contribution in [3.05, 3.63) is 23.4 Å². The van der Waals surface area contributed by atoms with E-state index in [9.17, 15) is 9.59 Å². The summed E-state index contributed by atoms with van der Waals surface area (Å²) >= 11 is 0. The van der Waals surface area contributed by atoms with Crippen molar-refractivity contribution in [1.29, 1.82) is 0 Å². The van der Waals surface area contributed by atoms with Gasteiger partial charge in [0.25, 0.3) is 0 Å². The van der Waals surface area contributed by atoms with Gasteiger partial charge >= 0.3 is 5.97 Å². The van der Waals surface area contributed by atoms with Crippen LogP contribution in [0.2, 0.25) is 0 Å². The van der Waals surface area contributed by atoms with Gasteiger partial charge in [0.2, 0.25) is 5.91 Å². The van der Waals surface area contributed by atoms with Crippen molar-refractivity contribution in [2.75, 3.05) is 13.1 Å². The molecule has 1 atom stereocenters. The van der Waals surface area contributed by atoms with E-state index in [2.05, 4.69) is 28.1 Å². The number of piperidine rings is 1. The fraction of sp³-hybridized carbons (Fsp3) is 0.625. The number of nitrogens with one attached hydrogen (secondary N) is 3. The standard InChI is InChI=1S/C16H25N3O3/c20-14(17-11-9-15(21)22)6-2-1-5-13-8-7-12-4-3-10-18-16(12)19-13/h7-8,16,18-19H,1-6,9-11H2,(H,17,20)(H,21,22). The molecule has 0 spiro atoms. The van der Waals surface area contributed by atoms with Crippen LogP contribution in [0, 0.1) is 0 Å². The maximum atomic E-state index is 11.5. The van der Waals surface area contributed by atoms with Crippen molar-refractivity contribution >= 4 is 11.9 Å². The van der Waals surface area contributed by atoms with E-state index in [1.54, 1.807) is 0 Å². The molecule has 1 amide bonds. The zero-order chi connectivity index (χ0) is 15.8. The van der Waals surface area contributed by atoms with Crippen LogP contribution in [0.15, 0.2) is 23.4 Å². The molecule has 2 aliphatic heterocycles. The van der Waals surface area contributed by atoms with E-state index in [0.717, 1.165) is 32.2 Å². The molecule has 6 heteroatoms. The average Bonchev–Trinajstić information content (AvgIpc) is 2.51. The van der Waals surface area contributed by atoms with Gasteiger partial charge in [-0.1, -0.05) is 6.08 Å². The Kier molecular flexibility index (Phi) is 6.45. The third-order valence-electron chi connectivity index (χ3n) is 3.95. The van der Waals surface area contributed by atoms with Crippen LogP contribution in [0.3, 0.4) is 0 Å². The summed E-state index contributed by atoms with van der Waals surface area (Å²) in [5.74, 6) is -0.956. The van der Waals surface area contributed by atoms with Crippen molar-refractivity contribution in [3.8, 4) is 0 Å². The number of carboxylic acid groups (broad SMARTS) is 1. The van der Waals surface area contributed by atoms with Crippen LogP contribution in [0.5, 0.6) is 0 Å². The molecular formula is C16H25N3O3. The third kappa shape index (κ3) is 5.52. The molecule has 0 radical (unpaired) electrons. The number of carbonyl (C=O) groups excluding carboxylic acids is 1. The van der Waals surface area contributed by atoms with Crippen LogP contribution in [0.25, 0.3) is 0 Å². The minimum atomic E-state index is -0.889. The maximum Gasteiger partial charge on any atom is 0.305 e. The molecule has 0 aromatic heterocycles. The van der Waals surface area contributed by atoms with E-state index in [-0.39, 0.29) is 25.0 Å². The summed E-state index contributed by atoms with van der Waals surface area (Å²) in [6.07, 6.45) is 10.1. The van der Waals surface area contributed by atoms with Crippen molar-refractivity contribution in [1.82, 2.24) is 16.0 Å². The quantitative estimate of drug-likeness (QED) is 0.507. The molecule has 122 valence electrons. The lowest BCUT2D eigenvalue weighted by Gasteiger charge is -2.32. The van der Waals surface area contributed by atoms with Gasteiger partial charge in [0.15, 0.2) is 0 Å². The summed E-state index contributed by atoms with van der Waals surface area (Å²) in [5, 5.41) is 18.1. The molecule has 22 heavy (non-hydrogen) atoms. The largest absolute Gasteiger partial charge is 0.481 e. The van der Waals surface area contributed by atoms with Gasteiger partial charge in [0.1, 0.15) is 0 Å². The van der Waals surface area contributed by atoms with E-state index in [0.29, 0.717) is 6.42 Å².